The molecule has 0 radical (unpaired) electrons. The van der Waals surface area contributed by atoms with Gasteiger partial charge >= 0.3 is 0 Å². The Morgan fingerprint density at radius 1 is 1.36 bits per heavy atom. The van der Waals surface area contributed by atoms with Crippen molar-refractivity contribution in [3.8, 4) is 0 Å². The monoisotopic (exact) mass is 275 g/mol. The van der Waals surface area contributed by atoms with Crippen molar-refractivity contribution in [2.24, 2.45) is 5.73 Å². The van der Waals surface area contributed by atoms with Crippen LogP contribution < -0.4 is 5.73 Å². The third-order valence-corrected chi connectivity index (χ3v) is 2.51. The molecule has 0 unspecified atom stereocenters. The minimum Gasteiger partial charge on any atom is -0.324 e. The summed E-state index contributed by atoms with van der Waals surface area (Å²) in [5, 5.41) is 0. The molecule has 3 heteroatoms. The lowest BCUT2D eigenvalue weighted by Gasteiger charge is -2.10. The molecule has 0 aliphatic rings. The van der Waals surface area contributed by atoms with Crippen LogP contribution in [0.15, 0.2) is 41.4 Å². The molecule has 1 atom stereocenters. The molecule has 0 heterocycles. The van der Waals surface area contributed by atoms with Gasteiger partial charge < -0.3 is 5.73 Å². The van der Waals surface area contributed by atoms with Crippen molar-refractivity contribution in [3.63, 3.8) is 0 Å². The minimum atomic E-state index is 0. The van der Waals surface area contributed by atoms with Crippen molar-refractivity contribution < 1.29 is 0 Å². The Morgan fingerprint density at radius 3 is 2.43 bits per heavy atom. The van der Waals surface area contributed by atoms with E-state index in [-0.39, 0.29) is 18.4 Å². The molecule has 0 bridgehead atoms. The van der Waals surface area contributed by atoms with Gasteiger partial charge in [0.25, 0.3) is 0 Å². The molecular weight excluding hydrogens is 261 g/mol. The largest absolute Gasteiger partial charge is 0.324 e. The first-order valence-corrected chi connectivity index (χ1v) is 5.15. The number of nitrogens with two attached hydrogens (primary N) is 1. The number of benzene rings is 1. The Kier molecular flexibility index (Phi) is 6.89. The normalized spacial score (nSPS) is 11.6. The van der Waals surface area contributed by atoms with E-state index in [9.17, 15) is 0 Å². The van der Waals surface area contributed by atoms with Crippen LogP contribution in [0.25, 0.3) is 0 Å². The lowest BCUT2D eigenvalue weighted by atomic mass is 10.0. The van der Waals surface area contributed by atoms with Crippen molar-refractivity contribution in [2.75, 3.05) is 0 Å². The number of allylic oxidation sites excluding steroid dienone is 1. The molecule has 0 aliphatic carbocycles. The van der Waals surface area contributed by atoms with Gasteiger partial charge in [0, 0.05) is 10.5 Å². The Morgan fingerprint density at radius 2 is 1.93 bits per heavy atom. The highest BCUT2D eigenvalue weighted by Gasteiger charge is 2.03. The minimum absolute atomic E-state index is 0. The smallest absolute Gasteiger partial charge is 0.0297 e. The molecule has 1 nitrogen and oxygen atoms in total. The highest BCUT2D eigenvalue weighted by molar-refractivity contribution is 9.10. The van der Waals surface area contributed by atoms with Crippen LogP contribution in [0, 0.1) is 0 Å². The zero-order valence-corrected chi connectivity index (χ0v) is 10.4. The SMILES string of the molecule is C=CCC[C@@H](N)c1ccc(Br)cc1.Cl. The van der Waals surface area contributed by atoms with Gasteiger partial charge in [-0.15, -0.1) is 19.0 Å². The molecule has 0 amide bonds. The molecule has 0 saturated carbocycles. The van der Waals surface area contributed by atoms with Crippen molar-refractivity contribution in [1.82, 2.24) is 0 Å². The summed E-state index contributed by atoms with van der Waals surface area (Å²) in [5.74, 6) is 0. The fourth-order valence-electron chi connectivity index (χ4n) is 1.17. The molecule has 2 N–H and O–H groups in total. The molecule has 0 aliphatic heterocycles. The van der Waals surface area contributed by atoms with Crippen molar-refractivity contribution >= 4 is 28.3 Å². The van der Waals surface area contributed by atoms with Gasteiger partial charge in [-0.3, -0.25) is 0 Å². The van der Waals surface area contributed by atoms with Gasteiger partial charge in [0.2, 0.25) is 0 Å². The third kappa shape index (κ3) is 4.27. The van der Waals surface area contributed by atoms with Crippen LogP contribution in [0.2, 0.25) is 0 Å². The van der Waals surface area contributed by atoms with Crippen LogP contribution in [0.5, 0.6) is 0 Å². The van der Waals surface area contributed by atoms with Crippen LogP contribution in [0.3, 0.4) is 0 Å². The van der Waals surface area contributed by atoms with E-state index in [0.29, 0.717) is 0 Å². The second-order valence-electron chi connectivity index (χ2n) is 3.02. The molecule has 0 fully saturated rings. The first-order chi connectivity index (χ1) is 6.24. The lowest BCUT2D eigenvalue weighted by Crippen LogP contribution is -2.09. The summed E-state index contributed by atoms with van der Waals surface area (Å²) in [5.41, 5.74) is 7.15. The first-order valence-electron chi connectivity index (χ1n) is 4.36. The Bertz CT molecular complexity index is 271. The third-order valence-electron chi connectivity index (χ3n) is 1.98. The lowest BCUT2D eigenvalue weighted by molar-refractivity contribution is 0.661. The summed E-state index contributed by atoms with van der Waals surface area (Å²) in [7, 11) is 0. The van der Waals surface area contributed by atoms with E-state index in [1.54, 1.807) is 0 Å². The van der Waals surface area contributed by atoms with Gasteiger partial charge in [-0.2, -0.15) is 0 Å². The quantitative estimate of drug-likeness (QED) is 0.831. The molecule has 78 valence electrons. The zero-order chi connectivity index (χ0) is 9.68. The van der Waals surface area contributed by atoms with Crippen molar-refractivity contribution in [2.45, 2.75) is 18.9 Å². The van der Waals surface area contributed by atoms with Crippen LogP contribution in [-0.4, -0.2) is 0 Å². The molecule has 14 heavy (non-hydrogen) atoms. The summed E-state index contributed by atoms with van der Waals surface area (Å²) >= 11 is 3.39. The molecule has 1 rings (SSSR count). The van der Waals surface area contributed by atoms with E-state index in [2.05, 4.69) is 34.6 Å². The van der Waals surface area contributed by atoms with Crippen molar-refractivity contribution in [3.05, 3.63) is 47.0 Å². The maximum Gasteiger partial charge on any atom is 0.0297 e. The van der Waals surface area contributed by atoms with Gasteiger partial charge in [-0.1, -0.05) is 34.1 Å². The van der Waals surface area contributed by atoms with Crippen LogP contribution in [0.4, 0.5) is 0 Å². The molecule has 1 aromatic rings. The van der Waals surface area contributed by atoms with E-state index in [4.69, 9.17) is 5.73 Å². The van der Waals surface area contributed by atoms with Gasteiger partial charge in [0.1, 0.15) is 0 Å². The second kappa shape index (κ2) is 7.04. The summed E-state index contributed by atoms with van der Waals surface area (Å²) in [6.45, 7) is 3.68. The predicted molar refractivity (Wildman–Crippen MR) is 67.7 cm³/mol. The van der Waals surface area contributed by atoms with Gasteiger partial charge in [0.05, 0.1) is 0 Å². The van der Waals surface area contributed by atoms with Gasteiger partial charge in [0.15, 0.2) is 0 Å². The fourth-order valence-corrected chi connectivity index (χ4v) is 1.44. The summed E-state index contributed by atoms with van der Waals surface area (Å²) < 4.78 is 1.09. The molecule has 0 spiro atoms. The number of rotatable bonds is 4. The average molecular weight is 277 g/mol. The summed E-state index contributed by atoms with van der Waals surface area (Å²) in [6, 6.07) is 8.27. The zero-order valence-electron chi connectivity index (χ0n) is 7.95. The first kappa shape index (κ1) is 13.7. The summed E-state index contributed by atoms with van der Waals surface area (Å²) in [6.07, 6.45) is 3.83. The van der Waals surface area contributed by atoms with Crippen LogP contribution >= 0.6 is 28.3 Å². The molecule has 0 aromatic heterocycles. The number of halogens is 2. The maximum absolute atomic E-state index is 5.97. The number of hydrogen-bond acceptors (Lipinski definition) is 1. The standard InChI is InChI=1S/C11H14BrN.ClH/c1-2-3-4-11(13)9-5-7-10(12)8-6-9;/h2,5-8,11H,1,3-4,13H2;1H/t11-;/m1./s1. The Hall–Kier alpha value is -0.310. The predicted octanol–water partition coefficient (Wildman–Crippen LogP) is 3.84. The van der Waals surface area contributed by atoms with Gasteiger partial charge in [-0.25, -0.2) is 0 Å². The average Bonchev–Trinajstić information content (AvgIpc) is 2.15. The van der Waals surface area contributed by atoms with E-state index in [0.717, 1.165) is 17.3 Å². The molecule has 0 saturated heterocycles. The highest BCUT2D eigenvalue weighted by atomic mass is 79.9. The van der Waals surface area contributed by atoms with Crippen molar-refractivity contribution in [1.29, 1.82) is 0 Å². The topological polar surface area (TPSA) is 26.0 Å². The van der Waals surface area contributed by atoms with Crippen LogP contribution in [-0.2, 0) is 0 Å². The Labute approximate surface area is 99.9 Å². The number of hydrogen-bond donors (Lipinski definition) is 1. The fraction of sp³-hybridized carbons (Fsp3) is 0.273. The maximum atomic E-state index is 5.97. The molecule has 1 aromatic carbocycles. The molecular formula is C11H15BrClN. The second-order valence-corrected chi connectivity index (χ2v) is 3.94. The summed E-state index contributed by atoms with van der Waals surface area (Å²) in [4.78, 5) is 0. The van der Waals surface area contributed by atoms with E-state index < -0.39 is 0 Å². The van der Waals surface area contributed by atoms with Crippen LogP contribution in [0.1, 0.15) is 24.4 Å². The van der Waals surface area contributed by atoms with E-state index >= 15 is 0 Å². The van der Waals surface area contributed by atoms with E-state index in [1.165, 1.54) is 5.56 Å². The van der Waals surface area contributed by atoms with Gasteiger partial charge in [-0.05, 0) is 30.5 Å². The Balaban J connectivity index is 0.00000169. The van der Waals surface area contributed by atoms with E-state index in [1.807, 2.05) is 18.2 Å². The highest BCUT2D eigenvalue weighted by Crippen LogP contribution is 2.18.